The number of fused-ring (bicyclic) bond motifs is 1. The maximum atomic E-state index is 12.1. The Morgan fingerprint density at radius 1 is 1.42 bits per heavy atom. The van der Waals surface area contributed by atoms with Crippen molar-refractivity contribution in [3.05, 3.63) is 40.1 Å². The van der Waals surface area contributed by atoms with Crippen LogP contribution in [0.15, 0.2) is 29.6 Å². The molecule has 19 heavy (non-hydrogen) atoms. The molecule has 0 bridgehead atoms. The van der Waals surface area contributed by atoms with Crippen molar-refractivity contribution in [2.24, 2.45) is 0 Å². The number of hydrogen-bond donors (Lipinski definition) is 1. The van der Waals surface area contributed by atoms with E-state index in [0.717, 1.165) is 16.6 Å². The molecular weight excluding hydrogens is 264 g/mol. The summed E-state index contributed by atoms with van der Waals surface area (Å²) in [6, 6.07) is 0. The van der Waals surface area contributed by atoms with Gasteiger partial charge in [-0.05, 0) is 6.92 Å². The van der Waals surface area contributed by atoms with Gasteiger partial charge in [0.2, 0.25) is 0 Å². The smallest absolute Gasteiger partial charge is 0.350 e. The number of anilines is 1. The Kier molecular flexibility index (Phi) is 3.00. The molecule has 0 aliphatic rings. The van der Waals surface area contributed by atoms with Gasteiger partial charge in [-0.2, -0.15) is 0 Å². The summed E-state index contributed by atoms with van der Waals surface area (Å²) in [5.41, 5.74) is 0.375. The standard InChI is InChI=1S/C11H12N6OS/c1-2-13-10-14-5-8(19-10)7-17-11(18)16-4-3-12-6-9(16)15-17/h3-6H,2,7H2,1H3,(H,13,14). The molecule has 3 aromatic rings. The summed E-state index contributed by atoms with van der Waals surface area (Å²) in [6.07, 6.45) is 6.50. The highest BCUT2D eigenvalue weighted by atomic mass is 32.1. The minimum atomic E-state index is -0.171. The maximum absolute atomic E-state index is 12.1. The van der Waals surface area contributed by atoms with E-state index in [4.69, 9.17) is 0 Å². The van der Waals surface area contributed by atoms with Crippen LogP contribution in [0.4, 0.5) is 5.13 Å². The first kappa shape index (κ1) is 11.8. The molecule has 0 unspecified atom stereocenters. The fourth-order valence-corrected chi connectivity index (χ4v) is 2.61. The zero-order chi connectivity index (χ0) is 13.2. The van der Waals surface area contributed by atoms with Crippen LogP contribution in [0.25, 0.3) is 5.65 Å². The van der Waals surface area contributed by atoms with E-state index in [1.54, 1.807) is 24.8 Å². The van der Waals surface area contributed by atoms with E-state index < -0.39 is 0 Å². The minimum Gasteiger partial charge on any atom is -0.362 e. The van der Waals surface area contributed by atoms with Crippen LogP contribution in [0.2, 0.25) is 0 Å². The van der Waals surface area contributed by atoms with E-state index in [9.17, 15) is 4.79 Å². The van der Waals surface area contributed by atoms with Crippen LogP contribution in [-0.4, -0.2) is 30.7 Å². The molecular formula is C11H12N6OS. The van der Waals surface area contributed by atoms with Crippen LogP contribution in [0.3, 0.4) is 0 Å². The highest BCUT2D eigenvalue weighted by Gasteiger charge is 2.08. The molecule has 0 aliphatic heterocycles. The third kappa shape index (κ3) is 2.22. The third-order valence-electron chi connectivity index (χ3n) is 2.58. The Hall–Kier alpha value is -2.22. The van der Waals surface area contributed by atoms with Crippen molar-refractivity contribution >= 4 is 22.1 Å². The first-order valence-corrected chi connectivity index (χ1v) is 6.67. The van der Waals surface area contributed by atoms with Gasteiger partial charge >= 0.3 is 5.69 Å². The van der Waals surface area contributed by atoms with E-state index in [-0.39, 0.29) is 5.69 Å². The lowest BCUT2D eigenvalue weighted by atomic mass is 10.5. The second-order valence-corrected chi connectivity index (χ2v) is 5.02. The molecule has 0 atom stereocenters. The second kappa shape index (κ2) is 4.81. The molecule has 0 aliphatic carbocycles. The van der Waals surface area contributed by atoms with E-state index in [2.05, 4.69) is 20.4 Å². The number of aromatic nitrogens is 5. The van der Waals surface area contributed by atoms with Crippen molar-refractivity contribution in [3.63, 3.8) is 0 Å². The van der Waals surface area contributed by atoms with E-state index in [0.29, 0.717) is 12.2 Å². The lowest BCUT2D eigenvalue weighted by Crippen LogP contribution is -2.21. The monoisotopic (exact) mass is 276 g/mol. The van der Waals surface area contributed by atoms with Crippen molar-refractivity contribution in [1.29, 1.82) is 0 Å². The summed E-state index contributed by atoms with van der Waals surface area (Å²) in [4.78, 5) is 21.2. The van der Waals surface area contributed by atoms with Crippen molar-refractivity contribution in [2.75, 3.05) is 11.9 Å². The molecule has 1 N–H and O–H groups in total. The summed E-state index contributed by atoms with van der Waals surface area (Å²) in [7, 11) is 0. The Labute approximate surface area is 112 Å². The third-order valence-corrected chi connectivity index (χ3v) is 3.52. The number of thiazole rings is 1. The topological polar surface area (TPSA) is 77.1 Å². The Morgan fingerprint density at radius 3 is 3.11 bits per heavy atom. The van der Waals surface area contributed by atoms with Crippen LogP contribution in [0.5, 0.6) is 0 Å². The highest BCUT2D eigenvalue weighted by molar-refractivity contribution is 7.15. The molecule has 0 fully saturated rings. The van der Waals surface area contributed by atoms with E-state index in [1.807, 2.05) is 6.92 Å². The Bertz CT molecular complexity index is 758. The van der Waals surface area contributed by atoms with E-state index in [1.165, 1.54) is 20.4 Å². The first-order valence-electron chi connectivity index (χ1n) is 5.85. The summed E-state index contributed by atoms with van der Waals surface area (Å²) in [6.45, 7) is 3.26. The van der Waals surface area contributed by atoms with Crippen LogP contribution < -0.4 is 11.0 Å². The lowest BCUT2D eigenvalue weighted by Gasteiger charge is -1.95. The first-order chi connectivity index (χ1) is 9.28. The average Bonchev–Trinajstić information content (AvgIpc) is 2.97. The quantitative estimate of drug-likeness (QED) is 0.763. The molecule has 0 saturated carbocycles. The summed E-state index contributed by atoms with van der Waals surface area (Å²) >= 11 is 1.52. The summed E-state index contributed by atoms with van der Waals surface area (Å²) in [5.74, 6) is 0. The molecule has 8 heteroatoms. The molecule has 3 aromatic heterocycles. The van der Waals surface area contributed by atoms with Gasteiger partial charge in [0.1, 0.15) is 0 Å². The molecule has 0 spiro atoms. The Morgan fingerprint density at radius 2 is 2.32 bits per heavy atom. The summed E-state index contributed by atoms with van der Waals surface area (Å²) in [5, 5.41) is 8.22. The predicted molar refractivity (Wildman–Crippen MR) is 72.6 cm³/mol. The molecule has 3 rings (SSSR count). The predicted octanol–water partition coefficient (Wildman–Crippen LogP) is 0.828. The number of nitrogens with zero attached hydrogens (tertiary/aromatic N) is 5. The number of nitrogens with one attached hydrogen (secondary N) is 1. The zero-order valence-corrected chi connectivity index (χ0v) is 11.1. The SMILES string of the molecule is CCNc1ncc(Cn2nc3cnccn3c2=O)s1. The van der Waals surface area contributed by atoms with Gasteiger partial charge in [0.25, 0.3) is 0 Å². The van der Waals surface area contributed by atoms with Gasteiger partial charge in [0, 0.05) is 30.0 Å². The van der Waals surface area contributed by atoms with Gasteiger partial charge < -0.3 is 5.32 Å². The second-order valence-electron chi connectivity index (χ2n) is 3.91. The fourth-order valence-electron chi connectivity index (χ4n) is 1.74. The molecule has 3 heterocycles. The van der Waals surface area contributed by atoms with Crippen LogP contribution in [0.1, 0.15) is 11.8 Å². The van der Waals surface area contributed by atoms with Crippen molar-refractivity contribution < 1.29 is 0 Å². The van der Waals surface area contributed by atoms with Crippen LogP contribution in [0, 0.1) is 0 Å². The van der Waals surface area contributed by atoms with Crippen molar-refractivity contribution in [1.82, 2.24) is 24.1 Å². The van der Waals surface area contributed by atoms with Crippen molar-refractivity contribution in [2.45, 2.75) is 13.5 Å². The lowest BCUT2D eigenvalue weighted by molar-refractivity contribution is 0.665. The van der Waals surface area contributed by atoms with Crippen LogP contribution in [-0.2, 0) is 6.54 Å². The number of rotatable bonds is 4. The molecule has 0 amide bonds. The maximum Gasteiger partial charge on any atom is 0.350 e. The molecule has 7 nitrogen and oxygen atoms in total. The average molecular weight is 276 g/mol. The molecule has 0 radical (unpaired) electrons. The number of hydrogen-bond acceptors (Lipinski definition) is 6. The molecule has 0 aromatic carbocycles. The van der Waals surface area contributed by atoms with Gasteiger partial charge in [-0.25, -0.2) is 18.9 Å². The van der Waals surface area contributed by atoms with E-state index >= 15 is 0 Å². The van der Waals surface area contributed by atoms with Gasteiger partial charge in [-0.15, -0.1) is 16.4 Å². The van der Waals surface area contributed by atoms with Gasteiger partial charge in [-0.1, -0.05) is 0 Å². The fraction of sp³-hybridized carbons (Fsp3) is 0.273. The van der Waals surface area contributed by atoms with Crippen LogP contribution >= 0.6 is 11.3 Å². The molecule has 98 valence electrons. The summed E-state index contributed by atoms with van der Waals surface area (Å²) < 4.78 is 2.89. The van der Waals surface area contributed by atoms with Gasteiger partial charge in [-0.3, -0.25) is 4.98 Å². The Balaban J connectivity index is 1.92. The van der Waals surface area contributed by atoms with Gasteiger partial charge in [0.15, 0.2) is 10.8 Å². The minimum absolute atomic E-state index is 0.171. The van der Waals surface area contributed by atoms with Gasteiger partial charge in [0.05, 0.1) is 12.7 Å². The normalized spacial score (nSPS) is 11.0. The molecule has 0 saturated heterocycles. The largest absolute Gasteiger partial charge is 0.362 e. The highest BCUT2D eigenvalue weighted by Crippen LogP contribution is 2.18. The van der Waals surface area contributed by atoms with Crippen molar-refractivity contribution in [3.8, 4) is 0 Å². The zero-order valence-electron chi connectivity index (χ0n) is 10.3.